The van der Waals surface area contributed by atoms with Gasteiger partial charge < -0.3 is 0 Å². The van der Waals surface area contributed by atoms with Gasteiger partial charge in [-0.2, -0.15) is 0 Å². The number of benzene rings is 2. The van der Waals surface area contributed by atoms with Crippen molar-refractivity contribution in [3.63, 3.8) is 0 Å². The second kappa shape index (κ2) is 6.98. The highest BCUT2D eigenvalue weighted by Gasteiger charge is 2.16. The topological polar surface area (TPSA) is 59.8 Å². The summed E-state index contributed by atoms with van der Waals surface area (Å²) in [4.78, 5) is 16.2. The number of halogens is 3. The van der Waals surface area contributed by atoms with Crippen LogP contribution in [0.1, 0.15) is 15.9 Å². The fourth-order valence-corrected chi connectivity index (χ4v) is 2.53. The molecule has 0 saturated heterocycles. The molecule has 0 aliphatic heterocycles. The van der Waals surface area contributed by atoms with Crippen molar-refractivity contribution in [2.24, 2.45) is 0 Å². The van der Waals surface area contributed by atoms with E-state index in [1.165, 1.54) is 12.4 Å². The lowest BCUT2D eigenvalue weighted by molar-refractivity contribution is 0.102. The van der Waals surface area contributed by atoms with E-state index in [0.29, 0.717) is 6.54 Å². The van der Waals surface area contributed by atoms with Gasteiger partial charge >= 0.3 is 0 Å². The molecule has 3 aromatic rings. The van der Waals surface area contributed by atoms with E-state index in [0.717, 1.165) is 11.6 Å². The summed E-state index contributed by atoms with van der Waals surface area (Å²) in [6.45, 7) is 0.514. The SMILES string of the molecule is O=C(Nc1ncn(Cc2ccccc2)n1)c1cc(F)c(Cl)cc1Cl. The lowest BCUT2D eigenvalue weighted by atomic mass is 10.2. The van der Waals surface area contributed by atoms with E-state index in [2.05, 4.69) is 15.4 Å². The Balaban J connectivity index is 1.73. The van der Waals surface area contributed by atoms with Gasteiger partial charge in [-0.3, -0.25) is 10.1 Å². The highest BCUT2D eigenvalue weighted by atomic mass is 35.5. The van der Waals surface area contributed by atoms with E-state index in [9.17, 15) is 9.18 Å². The molecule has 0 bridgehead atoms. The zero-order valence-corrected chi connectivity index (χ0v) is 13.7. The molecule has 0 aliphatic rings. The molecule has 0 saturated carbocycles. The number of amides is 1. The van der Waals surface area contributed by atoms with Crippen molar-refractivity contribution in [2.45, 2.75) is 6.54 Å². The van der Waals surface area contributed by atoms with Gasteiger partial charge in [-0.05, 0) is 17.7 Å². The molecule has 122 valence electrons. The van der Waals surface area contributed by atoms with E-state index in [1.807, 2.05) is 30.3 Å². The van der Waals surface area contributed by atoms with Gasteiger partial charge in [0.05, 0.1) is 22.2 Å². The average Bonchev–Trinajstić information content (AvgIpc) is 2.98. The van der Waals surface area contributed by atoms with E-state index in [1.54, 1.807) is 4.68 Å². The molecule has 0 unspecified atom stereocenters. The molecule has 0 atom stereocenters. The smallest absolute Gasteiger partial charge is 0.259 e. The number of hydrogen-bond acceptors (Lipinski definition) is 3. The first-order chi connectivity index (χ1) is 11.5. The molecular formula is C16H11Cl2FN4O. The summed E-state index contributed by atoms with van der Waals surface area (Å²) in [5, 5.41) is 6.52. The standard InChI is InChI=1S/C16H11Cl2FN4O/c17-12-7-13(18)14(19)6-11(12)15(24)21-16-20-9-23(22-16)8-10-4-2-1-3-5-10/h1-7,9H,8H2,(H,21,22,24). The minimum atomic E-state index is -0.728. The zero-order chi connectivity index (χ0) is 17.1. The molecule has 2 aromatic carbocycles. The van der Waals surface area contributed by atoms with Gasteiger partial charge in [0, 0.05) is 0 Å². The van der Waals surface area contributed by atoms with E-state index < -0.39 is 11.7 Å². The van der Waals surface area contributed by atoms with Gasteiger partial charge in [-0.25, -0.2) is 14.1 Å². The van der Waals surface area contributed by atoms with Gasteiger partial charge in [0.15, 0.2) is 0 Å². The summed E-state index contributed by atoms with van der Waals surface area (Å²) in [5.41, 5.74) is 1.00. The summed E-state index contributed by atoms with van der Waals surface area (Å²) in [6.07, 6.45) is 1.49. The molecular weight excluding hydrogens is 354 g/mol. The summed E-state index contributed by atoms with van der Waals surface area (Å²) in [6, 6.07) is 11.8. The van der Waals surface area contributed by atoms with Crippen LogP contribution < -0.4 is 5.32 Å². The maximum absolute atomic E-state index is 13.5. The third-order valence-corrected chi connectivity index (χ3v) is 3.81. The third kappa shape index (κ3) is 3.72. The number of anilines is 1. The van der Waals surface area contributed by atoms with Crippen molar-refractivity contribution in [3.8, 4) is 0 Å². The highest BCUT2D eigenvalue weighted by Crippen LogP contribution is 2.24. The van der Waals surface area contributed by atoms with Crippen molar-refractivity contribution in [1.82, 2.24) is 14.8 Å². The predicted octanol–water partition coefficient (Wildman–Crippen LogP) is 4.02. The highest BCUT2D eigenvalue weighted by molar-refractivity contribution is 6.37. The number of aromatic nitrogens is 3. The molecule has 1 N–H and O–H groups in total. The van der Waals surface area contributed by atoms with E-state index in [-0.39, 0.29) is 21.6 Å². The fraction of sp³-hybridized carbons (Fsp3) is 0.0625. The van der Waals surface area contributed by atoms with Gasteiger partial charge in [-0.1, -0.05) is 53.5 Å². The molecule has 0 radical (unpaired) electrons. The predicted molar refractivity (Wildman–Crippen MR) is 89.9 cm³/mol. The molecule has 1 aromatic heterocycles. The fourth-order valence-electron chi connectivity index (χ4n) is 2.06. The number of carbonyl (C=O) groups excluding carboxylic acids is 1. The van der Waals surface area contributed by atoms with E-state index >= 15 is 0 Å². The Morgan fingerprint density at radius 3 is 2.67 bits per heavy atom. The van der Waals surface area contributed by atoms with Gasteiger partial charge in [0.25, 0.3) is 5.91 Å². The van der Waals surface area contributed by atoms with Crippen LogP contribution in [-0.2, 0) is 6.54 Å². The van der Waals surface area contributed by atoms with Crippen LogP contribution >= 0.6 is 23.2 Å². The summed E-state index contributed by atoms with van der Waals surface area (Å²) < 4.78 is 15.1. The largest absolute Gasteiger partial charge is 0.289 e. The Morgan fingerprint density at radius 2 is 1.92 bits per heavy atom. The lowest BCUT2D eigenvalue weighted by Gasteiger charge is -2.05. The zero-order valence-electron chi connectivity index (χ0n) is 12.2. The number of nitrogens with zero attached hydrogens (tertiary/aromatic N) is 3. The van der Waals surface area contributed by atoms with Crippen molar-refractivity contribution in [3.05, 3.63) is 75.8 Å². The molecule has 8 heteroatoms. The minimum absolute atomic E-state index is 0.0435. The van der Waals surface area contributed by atoms with Crippen LogP contribution in [0.5, 0.6) is 0 Å². The Bertz CT molecular complexity index is 883. The van der Waals surface area contributed by atoms with Crippen LogP contribution in [0, 0.1) is 5.82 Å². The second-order valence-corrected chi connectivity index (χ2v) is 5.77. The molecule has 0 spiro atoms. The van der Waals surface area contributed by atoms with Crippen LogP contribution in [0.2, 0.25) is 10.0 Å². The first-order valence-corrected chi connectivity index (χ1v) is 7.68. The number of carbonyl (C=O) groups is 1. The molecule has 5 nitrogen and oxygen atoms in total. The maximum atomic E-state index is 13.5. The molecule has 1 heterocycles. The van der Waals surface area contributed by atoms with Crippen LogP contribution in [0.25, 0.3) is 0 Å². The van der Waals surface area contributed by atoms with Crippen molar-refractivity contribution >= 4 is 35.1 Å². The monoisotopic (exact) mass is 364 g/mol. The quantitative estimate of drug-likeness (QED) is 0.711. The first kappa shape index (κ1) is 16.4. The molecule has 1 amide bonds. The molecule has 24 heavy (non-hydrogen) atoms. The van der Waals surface area contributed by atoms with Crippen molar-refractivity contribution in [1.29, 1.82) is 0 Å². The number of rotatable bonds is 4. The molecule has 0 fully saturated rings. The molecule has 3 rings (SSSR count). The summed E-state index contributed by atoms with van der Waals surface area (Å²) in [7, 11) is 0. The first-order valence-electron chi connectivity index (χ1n) is 6.92. The normalized spacial score (nSPS) is 10.6. The maximum Gasteiger partial charge on any atom is 0.259 e. The van der Waals surface area contributed by atoms with Crippen molar-refractivity contribution < 1.29 is 9.18 Å². The van der Waals surface area contributed by atoms with Gasteiger partial charge in [0.1, 0.15) is 12.1 Å². The average molecular weight is 365 g/mol. The second-order valence-electron chi connectivity index (χ2n) is 4.95. The van der Waals surface area contributed by atoms with Crippen LogP contribution in [0.3, 0.4) is 0 Å². The Morgan fingerprint density at radius 1 is 1.17 bits per heavy atom. The number of hydrogen-bond donors (Lipinski definition) is 1. The third-order valence-electron chi connectivity index (χ3n) is 3.20. The summed E-state index contributed by atoms with van der Waals surface area (Å²) >= 11 is 11.5. The van der Waals surface area contributed by atoms with E-state index in [4.69, 9.17) is 23.2 Å². The minimum Gasteiger partial charge on any atom is -0.289 e. The number of nitrogens with one attached hydrogen (secondary N) is 1. The Hall–Kier alpha value is -2.44. The van der Waals surface area contributed by atoms with Gasteiger partial charge in [0.2, 0.25) is 5.95 Å². The lowest BCUT2D eigenvalue weighted by Crippen LogP contribution is -2.14. The van der Waals surface area contributed by atoms with Gasteiger partial charge in [-0.15, -0.1) is 5.10 Å². The van der Waals surface area contributed by atoms with Crippen LogP contribution in [0.15, 0.2) is 48.8 Å². The van der Waals surface area contributed by atoms with Crippen molar-refractivity contribution in [2.75, 3.05) is 5.32 Å². The van der Waals surface area contributed by atoms with Crippen LogP contribution in [0.4, 0.5) is 10.3 Å². The summed E-state index contributed by atoms with van der Waals surface area (Å²) in [5.74, 6) is -1.25. The van der Waals surface area contributed by atoms with Crippen LogP contribution in [-0.4, -0.2) is 20.7 Å². The Kier molecular flexibility index (Phi) is 4.78. The molecule has 0 aliphatic carbocycles. The Labute approximate surface area is 147 Å².